The summed E-state index contributed by atoms with van der Waals surface area (Å²) in [4.78, 5) is 11.5. The number of urea groups is 1. The zero-order valence-corrected chi connectivity index (χ0v) is 10.3. The van der Waals surface area contributed by atoms with Crippen molar-refractivity contribution in [2.24, 2.45) is 0 Å². The number of nitrogens with one attached hydrogen (secondary N) is 2. The molecule has 4 heteroatoms. The van der Waals surface area contributed by atoms with E-state index in [-0.39, 0.29) is 12.1 Å². The van der Waals surface area contributed by atoms with Gasteiger partial charge in [0.25, 0.3) is 0 Å². The highest BCUT2D eigenvalue weighted by Gasteiger charge is 2.05. The molecule has 2 amide bonds. The van der Waals surface area contributed by atoms with E-state index < -0.39 is 0 Å². The van der Waals surface area contributed by atoms with Gasteiger partial charge in [0.15, 0.2) is 0 Å². The number of carbonyl (C=O) groups is 1. The molecular weight excluding hydrogens is 224 g/mol. The van der Waals surface area contributed by atoms with Crippen LogP contribution in [-0.4, -0.2) is 12.1 Å². The number of amides is 2. The molecule has 0 bridgehead atoms. The Bertz CT molecular complexity index is 337. The van der Waals surface area contributed by atoms with Crippen LogP contribution in [0.15, 0.2) is 24.3 Å². The Balaban J connectivity index is 2.42. The molecular formula is C12H17ClN2O. The lowest BCUT2D eigenvalue weighted by molar-refractivity contribution is 0.248. The zero-order chi connectivity index (χ0) is 12.0. The summed E-state index contributed by atoms with van der Waals surface area (Å²) in [6.45, 7) is 4.08. The molecule has 3 nitrogen and oxygen atoms in total. The third-order valence-electron chi connectivity index (χ3n) is 2.20. The van der Waals surface area contributed by atoms with Gasteiger partial charge in [-0.15, -0.1) is 0 Å². The number of benzene rings is 1. The Hall–Kier alpha value is -1.22. The number of rotatable bonds is 4. The Labute approximate surface area is 101 Å². The van der Waals surface area contributed by atoms with Crippen LogP contribution in [0.5, 0.6) is 0 Å². The van der Waals surface area contributed by atoms with E-state index >= 15 is 0 Å². The van der Waals surface area contributed by atoms with Crippen LogP contribution in [0.2, 0.25) is 5.02 Å². The Morgan fingerprint density at radius 3 is 2.56 bits per heavy atom. The third kappa shape index (κ3) is 4.53. The molecule has 0 aromatic heterocycles. The lowest BCUT2D eigenvalue weighted by atomic mass is 10.2. The molecule has 2 N–H and O–H groups in total. The molecule has 1 rings (SSSR count). The van der Waals surface area contributed by atoms with E-state index in [2.05, 4.69) is 17.6 Å². The smallest absolute Gasteiger partial charge is 0.319 e. The monoisotopic (exact) mass is 240 g/mol. The molecule has 88 valence electrons. The Morgan fingerprint density at radius 1 is 1.38 bits per heavy atom. The molecule has 0 fully saturated rings. The molecule has 0 saturated carbocycles. The molecule has 16 heavy (non-hydrogen) atoms. The minimum Gasteiger partial charge on any atom is -0.335 e. The summed E-state index contributed by atoms with van der Waals surface area (Å²) in [6, 6.07) is 7.04. The fraction of sp³-hybridized carbons (Fsp3) is 0.417. The van der Waals surface area contributed by atoms with Gasteiger partial charge in [0.2, 0.25) is 0 Å². The molecule has 0 aliphatic carbocycles. The van der Waals surface area contributed by atoms with Gasteiger partial charge in [-0.25, -0.2) is 4.79 Å². The highest BCUT2D eigenvalue weighted by Crippen LogP contribution is 2.13. The van der Waals surface area contributed by atoms with Crippen LogP contribution in [0.3, 0.4) is 0 Å². The van der Waals surface area contributed by atoms with E-state index in [1.54, 1.807) is 24.3 Å². The van der Waals surface area contributed by atoms with Crippen LogP contribution in [0.25, 0.3) is 0 Å². The van der Waals surface area contributed by atoms with Crippen LogP contribution in [0.1, 0.15) is 26.7 Å². The summed E-state index contributed by atoms with van der Waals surface area (Å²) in [6.07, 6.45) is 2.04. The van der Waals surface area contributed by atoms with Gasteiger partial charge < -0.3 is 10.6 Å². The quantitative estimate of drug-likeness (QED) is 0.829. The molecule has 0 saturated heterocycles. The molecule has 0 heterocycles. The molecule has 0 aliphatic rings. The summed E-state index contributed by atoms with van der Waals surface area (Å²) in [5.74, 6) is 0. The van der Waals surface area contributed by atoms with Crippen molar-refractivity contribution in [3.05, 3.63) is 29.3 Å². The van der Waals surface area contributed by atoms with Crippen LogP contribution >= 0.6 is 11.6 Å². The van der Waals surface area contributed by atoms with Gasteiger partial charge in [0.1, 0.15) is 0 Å². The van der Waals surface area contributed by atoms with Crippen molar-refractivity contribution in [2.45, 2.75) is 32.7 Å². The molecule has 0 unspecified atom stereocenters. The van der Waals surface area contributed by atoms with Gasteiger partial charge in [-0.3, -0.25) is 0 Å². The number of carbonyl (C=O) groups excluding carboxylic acids is 1. The van der Waals surface area contributed by atoms with Crippen LogP contribution in [0, 0.1) is 0 Å². The lowest BCUT2D eigenvalue weighted by Gasteiger charge is -2.13. The molecule has 1 aromatic rings. The van der Waals surface area contributed by atoms with Crippen LogP contribution in [-0.2, 0) is 0 Å². The van der Waals surface area contributed by atoms with Crippen molar-refractivity contribution in [3.8, 4) is 0 Å². The SMILES string of the molecule is CCC[C@@H](C)NC(=O)Nc1ccc(Cl)cc1. The Kier molecular flexibility index (Phi) is 5.12. The fourth-order valence-electron chi connectivity index (χ4n) is 1.43. The number of anilines is 1. The van der Waals surface area contributed by atoms with Crippen molar-refractivity contribution in [1.29, 1.82) is 0 Å². The topological polar surface area (TPSA) is 41.1 Å². The minimum absolute atomic E-state index is 0.178. The largest absolute Gasteiger partial charge is 0.335 e. The fourth-order valence-corrected chi connectivity index (χ4v) is 1.56. The average molecular weight is 241 g/mol. The zero-order valence-electron chi connectivity index (χ0n) is 9.59. The maximum atomic E-state index is 11.5. The third-order valence-corrected chi connectivity index (χ3v) is 2.45. The lowest BCUT2D eigenvalue weighted by Crippen LogP contribution is -2.35. The predicted octanol–water partition coefficient (Wildman–Crippen LogP) is 3.65. The van der Waals surface area contributed by atoms with E-state index in [9.17, 15) is 4.79 Å². The minimum atomic E-state index is -0.178. The van der Waals surface area contributed by atoms with E-state index in [1.807, 2.05) is 6.92 Å². The van der Waals surface area contributed by atoms with Gasteiger partial charge in [-0.1, -0.05) is 24.9 Å². The summed E-state index contributed by atoms with van der Waals surface area (Å²) in [5.41, 5.74) is 0.741. The number of hydrogen-bond donors (Lipinski definition) is 2. The van der Waals surface area contributed by atoms with Crippen molar-refractivity contribution < 1.29 is 4.79 Å². The molecule has 0 radical (unpaired) electrons. The first-order chi connectivity index (χ1) is 7.61. The summed E-state index contributed by atoms with van der Waals surface area (Å²) in [7, 11) is 0. The van der Waals surface area contributed by atoms with Gasteiger partial charge in [0, 0.05) is 16.8 Å². The van der Waals surface area contributed by atoms with E-state index in [1.165, 1.54) is 0 Å². The van der Waals surface area contributed by atoms with E-state index in [0.29, 0.717) is 5.02 Å². The second-order valence-corrected chi connectivity index (χ2v) is 4.23. The Morgan fingerprint density at radius 2 is 2.00 bits per heavy atom. The maximum Gasteiger partial charge on any atom is 0.319 e. The summed E-state index contributed by atoms with van der Waals surface area (Å²) >= 11 is 5.75. The first kappa shape index (κ1) is 12.8. The van der Waals surface area contributed by atoms with Crippen molar-refractivity contribution >= 4 is 23.3 Å². The highest BCUT2D eigenvalue weighted by molar-refractivity contribution is 6.30. The number of halogens is 1. The van der Waals surface area contributed by atoms with Gasteiger partial charge in [-0.2, -0.15) is 0 Å². The first-order valence-corrected chi connectivity index (χ1v) is 5.82. The molecule has 1 atom stereocenters. The van der Waals surface area contributed by atoms with Crippen LogP contribution < -0.4 is 10.6 Å². The molecule has 0 spiro atoms. The number of hydrogen-bond acceptors (Lipinski definition) is 1. The molecule has 0 aliphatic heterocycles. The highest BCUT2D eigenvalue weighted by atomic mass is 35.5. The van der Waals surface area contributed by atoms with Gasteiger partial charge >= 0.3 is 6.03 Å². The first-order valence-electron chi connectivity index (χ1n) is 5.45. The van der Waals surface area contributed by atoms with Crippen LogP contribution in [0.4, 0.5) is 10.5 Å². The standard InChI is InChI=1S/C12H17ClN2O/c1-3-4-9(2)14-12(16)15-11-7-5-10(13)6-8-11/h5-9H,3-4H2,1-2H3,(H2,14,15,16)/t9-/m1/s1. The van der Waals surface area contributed by atoms with Crippen molar-refractivity contribution in [2.75, 3.05) is 5.32 Å². The van der Waals surface area contributed by atoms with Gasteiger partial charge in [0.05, 0.1) is 0 Å². The van der Waals surface area contributed by atoms with Crippen molar-refractivity contribution in [3.63, 3.8) is 0 Å². The second kappa shape index (κ2) is 6.38. The average Bonchev–Trinajstić information content (AvgIpc) is 2.21. The van der Waals surface area contributed by atoms with E-state index in [4.69, 9.17) is 11.6 Å². The normalized spacial score (nSPS) is 11.9. The maximum absolute atomic E-state index is 11.5. The summed E-state index contributed by atoms with van der Waals surface area (Å²) in [5, 5.41) is 6.27. The van der Waals surface area contributed by atoms with E-state index in [0.717, 1.165) is 18.5 Å². The molecule has 1 aromatic carbocycles. The predicted molar refractivity (Wildman–Crippen MR) is 68.0 cm³/mol. The van der Waals surface area contributed by atoms with Crippen molar-refractivity contribution in [1.82, 2.24) is 5.32 Å². The summed E-state index contributed by atoms with van der Waals surface area (Å²) < 4.78 is 0. The second-order valence-electron chi connectivity index (χ2n) is 3.80. The van der Waals surface area contributed by atoms with Gasteiger partial charge in [-0.05, 0) is 37.6 Å².